The highest BCUT2D eigenvalue weighted by atomic mass is 16.6. The number of esters is 3. The number of ether oxygens (including phenoxy) is 3. The highest BCUT2D eigenvalue weighted by Crippen LogP contribution is 2.19. The van der Waals surface area contributed by atoms with Crippen LogP contribution >= 0.6 is 0 Å². The lowest BCUT2D eigenvalue weighted by Gasteiger charge is -2.18. The molecule has 484 valence electrons. The molecule has 0 amide bonds. The van der Waals surface area contributed by atoms with Crippen molar-refractivity contribution < 1.29 is 28.6 Å². The molecule has 1 unspecified atom stereocenters. The van der Waals surface area contributed by atoms with Crippen LogP contribution in [0.15, 0.2) is 60.8 Å². The van der Waals surface area contributed by atoms with Crippen molar-refractivity contribution in [3.05, 3.63) is 60.8 Å². The van der Waals surface area contributed by atoms with E-state index in [1.165, 1.54) is 257 Å². The normalized spacial score (nSPS) is 12.4. The molecule has 0 fully saturated rings. The number of unbranched alkanes of at least 4 members (excludes halogenated alkanes) is 47. The molecule has 0 aliphatic carbocycles. The monoisotopic (exact) mass is 1160 g/mol. The molecule has 0 saturated carbocycles. The van der Waals surface area contributed by atoms with Gasteiger partial charge in [-0.25, -0.2) is 0 Å². The van der Waals surface area contributed by atoms with E-state index in [2.05, 4.69) is 81.5 Å². The van der Waals surface area contributed by atoms with Gasteiger partial charge in [-0.2, -0.15) is 0 Å². The second-order valence-electron chi connectivity index (χ2n) is 24.8. The summed E-state index contributed by atoms with van der Waals surface area (Å²) in [5.74, 6) is -0.862. The molecule has 0 aliphatic rings. The Balaban J connectivity index is 4.26. The number of rotatable bonds is 68. The molecule has 6 heteroatoms. The topological polar surface area (TPSA) is 78.9 Å². The Kier molecular flexibility index (Phi) is 69.1. The highest BCUT2D eigenvalue weighted by Gasteiger charge is 2.19. The summed E-state index contributed by atoms with van der Waals surface area (Å²) in [6.45, 7) is 6.59. The van der Waals surface area contributed by atoms with Crippen molar-refractivity contribution in [2.75, 3.05) is 13.2 Å². The van der Waals surface area contributed by atoms with E-state index >= 15 is 0 Å². The van der Waals surface area contributed by atoms with Crippen molar-refractivity contribution >= 4 is 17.9 Å². The lowest BCUT2D eigenvalue weighted by atomic mass is 10.0. The number of allylic oxidation sites excluding steroid dienone is 10. The van der Waals surface area contributed by atoms with E-state index in [4.69, 9.17) is 14.2 Å². The molecular formula is C77H140O6. The van der Waals surface area contributed by atoms with Crippen LogP contribution in [-0.2, 0) is 28.6 Å². The Labute approximate surface area is 517 Å². The Bertz CT molecular complexity index is 1470. The van der Waals surface area contributed by atoms with Gasteiger partial charge in [-0.3, -0.25) is 14.4 Å². The van der Waals surface area contributed by atoms with E-state index in [1.807, 2.05) is 0 Å². The van der Waals surface area contributed by atoms with Gasteiger partial charge in [0, 0.05) is 19.3 Å². The van der Waals surface area contributed by atoms with E-state index in [0.29, 0.717) is 19.3 Å². The van der Waals surface area contributed by atoms with Gasteiger partial charge < -0.3 is 14.2 Å². The summed E-state index contributed by atoms with van der Waals surface area (Å²) < 4.78 is 17.0. The van der Waals surface area contributed by atoms with E-state index < -0.39 is 6.10 Å². The fraction of sp³-hybridized carbons (Fsp3) is 0.831. The number of hydrogen-bond donors (Lipinski definition) is 0. The van der Waals surface area contributed by atoms with Gasteiger partial charge in [-0.05, 0) is 83.5 Å². The van der Waals surface area contributed by atoms with Gasteiger partial charge in [0.1, 0.15) is 13.2 Å². The first-order chi connectivity index (χ1) is 41.0. The quantitative estimate of drug-likeness (QED) is 0.0261. The molecule has 0 radical (unpaired) electrons. The van der Waals surface area contributed by atoms with Crippen LogP contribution in [0.1, 0.15) is 393 Å². The first-order valence-electron chi connectivity index (χ1n) is 36.8. The molecule has 0 aromatic carbocycles. The minimum atomic E-state index is -0.781. The van der Waals surface area contributed by atoms with E-state index in [1.54, 1.807) is 0 Å². The third kappa shape index (κ3) is 69.8. The maximum atomic E-state index is 13.0. The first kappa shape index (κ1) is 80.1. The van der Waals surface area contributed by atoms with Gasteiger partial charge in [-0.15, -0.1) is 0 Å². The predicted octanol–water partition coefficient (Wildman–Crippen LogP) is 25.5. The largest absolute Gasteiger partial charge is 0.462 e. The number of carbonyl (C=O) groups excluding carboxylic acids is 3. The maximum Gasteiger partial charge on any atom is 0.306 e. The standard InChI is InChI=1S/C77H140O6/c1-4-7-10-13-16-19-22-25-28-31-33-34-35-36-37-38-39-40-41-42-44-46-49-52-55-58-61-64-67-70-76(79)82-73-74(72-81-75(78)69-66-63-60-57-54-51-48-45-30-27-24-21-18-15-12-9-6-3)83-77(80)71-68-65-62-59-56-53-50-47-43-32-29-26-23-20-17-14-11-8-5-2/h8,11,17,20,26,29,31,33,43,47,74H,4-7,9-10,12-16,18-19,21-25,27-28,30,32,34-42,44-46,48-73H2,1-3H3/b11-8-,20-17-,29-26-,33-31-,47-43-. The van der Waals surface area contributed by atoms with Gasteiger partial charge in [0.25, 0.3) is 0 Å². The van der Waals surface area contributed by atoms with Gasteiger partial charge in [-0.1, -0.05) is 351 Å². The number of carbonyl (C=O) groups is 3. The fourth-order valence-corrected chi connectivity index (χ4v) is 11.0. The molecule has 0 bridgehead atoms. The SMILES string of the molecule is CC/C=C\C/C=C\C/C=C\C/C=C\CCCCCCCCC(=O)OC(COC(=O)CCCCCCCCCCCCCCCCCCC)COC(=O)CCCCCCCCCCCCCCCCCCC/C=C\CCCCCCCCCC. The zero-order valence-electron chi connectivity index (χ0n) is 55.7. The average Bonchev–Trinajstić information content (AvgIpc) is 3.49. The molecule has 6 nitrogen and oxygen atoms in total. The summed E-state index contributed by atoms with van der Waals surface area (Å²) in [5, 5.41) is 0. The summed E-state index contributed by atoms with van der Waals surface area (Å²) in [4.78, 5) is 38.5. The number of hydrogen-bond acceptors (Lipinski definition) is 6. The minimum Gasteiger partial charge on any atom is -0.462 e. The lowest BCUT2D eigenvalue weighted by molar-refractivity contribution is -0.167. The predicted molar refractivity (Wildman–Crippen MR) is 362 cm³/mol. The molecule has 0 aliphatic heterocycles. The summed E-state index contributed by atoms with van der Waals surface area (Å²) in [5.41, 5.74) is 0. The molecule has 0 N–H and O–H groups in total. The van der Waals surface area contributed by atoms with Gasteiger partial charge in [0.15, 0.2) is 6.10 Å². The molecule has 0 aromatic rings. The van der Waals surface area contributed by atoms with E-state index in [9.17, 15) is 14.4 Å². The minimum absolute atomic E-state index is 0.0752. The molecule has 0 aromatic heterocycles. The van der Waals surface area contributed by atoms with Crippen LogP contribution < -0.4 is 0 Å². The van der Waals surface area contributed by atoms with Crippen LogP contribution in [0.25, 0.3) is 0 Å². The zero-order valence-corrected chi connectivity index (χ0v) is 55.7. The van der Waals surface area contributed by atoms with Crippen LogP contribution in [0.2, 0.25) is 0 Å². The Morgan fingerprint density at radius 1 is 0.253 bits per heavy atom. The van der Waals surface area contributed by atoms with Crippen LogP contribution in [0, 0.1) is 0 Å². The molecule has 0 saturated heterocycles. The van der Waals surface area contributed by atoms with Crippen LogP contribution in [-0.4, -0.2) is 37.2 Å². The maximum absolute atomic E-state index is 13.0. The van der Waals surface area contributed by atoms with Gasteiger partial charge in [0.05, 0.1) is 0 Å². The van der Waals surface area contributed by atoms with Gasteiger partial charge in [0.2, 0.25) is 0 Å². The first-order valence-corrected chi connectivity index (χ1v) is 36.8. The summed E-state index contributed by atoms with van der Waals surface area (Å²) in [6, 6.07) is 0. The second-order valence-corrected chi connectivity index (χ2v) is 24.8. The summed E-state index contributed by atoms with van der Waals surface area (Å²) >= 11 is 0. The third-order valence-electron chi connectivity index (χ3n) is 16.5. The Hall–Kier alpha value is -2.89. The van der Waals surface area contributed by atoms with Crippen molar-refractivity contribution in [1.82, 2.24) is 0 Å². The Morgan fingerprint density at radius 3 is 0.747 bits per heavy atom. The van der Waals surface area contributed by atoms with E-state index in [0.717, 1.165) is 96.3 Å². The average molecular weight is 1160 g/mol. The molecular weight excluding hydrogens is 1020 g/mol. The molecule has 83 heavy (non-hydrogen) atoms. The Morgan fingerprint density at radius 2 is 0.470 bits per heavy atom. The van der Waals surface area contributed by atoms with Crippen molar-refractivity contribution in [2.45, 2.75) is 399 Å². The lowest BCUT2D eigenvalue weighted by Crippen LogP contribution is -2.30. The molecule has 0 spiro atoms. The van der Waals surface area contributed by atoms with Crippen molar-refractivity contribution in [1.29, 1.82) is 0 Å². The van der Waals surface area contributed by atoms with E-state index in [-0.39, 0.29) is 31.1 Å². The molecule has 0 heterocycles. The smallest absolute Gasteiger partial charge is 0.306 e. The van der Waals surface area contributed by atoms with Crippen LogP contribution in [0.5, 0.6) is 0 Å². The van der Waals surface area contributed by atoms with Gasteiger partial charge >= 0.3 is 17.9 Å². The second kappa shape index (κ2) is 71.6. The molecule has 0 rings (SSSR count). The fourth-order valence-electron chi connectivity index (χ4n) is 11.0. The van der Waals surface area contributed by atoms with Crippen molar-refractivity contribution in [2.24, 2.45) is 0 Å². The highest BCUT2D eigenvalue weighted by molar-refractivity contribution is 5.71. The van der Waals surface area contributed by atoms with Crippen molar-refractivity contribution in [3.63, 3.8) is 0 Å². The zero-order chi connectivity index (χ0) is 59.9. The summed E-state index contributed by atoms with van der Waals surface area (Å²) in [6.07, 6.45) is 92.6. The third-order valence-corrected chi connectivity index (χ3v) is 16.5. The van der Waals surface area contributed by atoms with Crippen molar-refractivity contribution in [3.8, 4) is 0 Å². The summed E-state index contributed by atoms with van der Waals surface area (Å²) in [7, 11) is 0. The van der Waals surface area contributed by atoms with Crippen LogP contribution in [0.3, 0.4) is 0 Å². The van der Waals surface area contributed by atoms with Crippen LogP contribution in [0.4, 0.5) is 0 Å². The molecule has 1 atom stereocenters.